The van der Waals surface area contributed by atoms with Crippen LogP contribution in [0.15, 0.2) is 29.0 Å². The van der Waals surface area contributed by atoms with Crippen LogP contribution in [0.2, 0.25) is 0 Å². The van der Waals surface area contributed by atoms with Crippen LogP contribution in [-0.2, 0) is 9.53 Å². The van der Waals surface area contributed by atoms with Crippen LogP contribution >= 0.6 is 0 Å². The third-order valence-corrected chi connectivity index (χ3v) is 1.60. The lowest BCUT2D eigenvalue weighted by Gasteiger charge is -2.04. The Bertz CT molecular complexity index is 300. The number of hydrogen-bond donors (Lipinski definition) is 0. The van der Waals surface area contributed by atoms with Gasteiger partial charge in [0.2, 0.25) is 0 Å². The van der Waals surface area contributed by atoms with Crippen LogP contribution in [0, 0.1) is 0 Å². The van der Waals surface area contributed by atoms with E-state index in [0.29, 0.717) is 19.4 Å². The van der Waals surface area contributed by atoms with Crippen LogP contribution < -0.4 is 0 Å². The molecule has 0 aromatic carbocycles. The van der Waals surface area contributed by atoms with Gasteiger partial charge in [-0.3, -0.25) is 4.79 Å². The summed E-state index contributed by atoms with van der Waals surface area (Å²) in [6.45, 7) is 11.9. The lowest BCUT2D eigenvalue weighted by Crippen LogP contribution is -2.05. The van der Waals surface area contributed by atoms with Crippen molar-refractivity contribution in [3.8, 4) is 0 Å². The van der Waals surface area contributed by atoms with E-state index in [-0.39, 0.29) is 5.97 Å². The fourth-order valence-corrected chi connectivity index (χ4v) is 1.25. The number of rotatable bonds is 5. The number of carbonyl (C=O) groups is 1. The minimum Gasteiger partial charge on any atom is -0.466 e. The van der Waals surface area contributed by atoms with E-state index in [4.69, 9.17) is 4.74 Å². The van der Waals surface area contributed by atoms with Crippen molar-refractivity contribution in [2.24, 2.45) is 0 Å². The first kappa shape index (κ1) is 13.7. The van der Waals surface area contributed by atoms with Crippen molar-refractivity contribution in [3.05, 3.63) is 29.0 Å². The molecule has 0 bridgehead atoms. The molecule has 0 unspecified atom stereocenters. The van der Waals surface area contributed by atoms with Gasteiger partial charge in [0, 0.05) is 0 Å². The molecule has 0 rings (SSSR count). The van der Waals surface area contributed by atoms with E-state index in [9.17, 15) is 4.79 Å². The Kier molecular flexibility index (Phi) is 6.48. The zero-order valence-electron chi connectivity index (χ0n) is 10.1. The Hall–Kier alpha value is -1.27. The third kappa shape index (κ3) is 7.77. The Morgan fingerprint density at radius 3 is 2.27 bits per heavy atom. The first-order chi connectivity index (χ1) is 6.95. The molecule has 84 valence electrons. The molecule has 2 heteroatoms. The van der Waals surface area contributed by atoms with Crippen molar-refractivity contribution in [1.29, 1.82) is 0 Å². The second-order valence-electron chi connectivity index (χ2n) is 3.84. The summed E-state index contributed by atoms with van der Waals surface area (Å²) in [4.78, 5) is 11.3. The molecule has 0 heterocycles. The third-order valence-electron chi connectivity index (χ3n) is 1.60. The SMILES string of the molecule is C=C(C)CC(=C=C(C)C)CC(=O)OCC. The molecule has 0 N–H and O–H groups in total. The van der Waals surface area contributed by atoms with E-state index in [1.165, 1.54) is 0 Å². The summed E-state index contributed by atoms with van der Waals surface area (Å²) < 4.78 is 4.90. The maximum absolute atomic E-state index is 11.3. The molecule has 0 aromatic heterocycles. The van der Waals surface area contributed by atoms with Gasteiger partial charge in [0.1, 0.15) is 0 Å². The first-order valence-electron chi connectivity index (χ1n) is 5.17. The minimum absolute atomic E-state index is 0.192. The van der Waals surface area contributed by atoms with E-state index < -0.39 is 0 Å². The largest absolute Gasteiger partial charge is 0.466 e. The molecule has 0 spiro atoms. The van der Waals surface area contributed by atoms with Gasteiger partial charge in [-0.05, 0) is 45.3 Å². The maximum atomic E-state index is 11.3. The molecule has 0 amide bonds. The Morgan fingerprint density at radius 1 is 1.27 bits per heavy atom. The summed E-state index contributed by atoms with van der Waals surface area (Å²) in [6.07, 6.45) is 1.02. The molecule has 2 nitrogen and oxygen atoms in total. The summed E-state index contributed by atoms with van der Waals surface area (Å²) in [5, 5.41) is 0. The van der Waals surface area contributed by atoms with Crippen molar-refractivity contribution in [2.45, 2.75) is 40.5 Å². The number of carbonyl (C=O) groups excluding carboxylic acids is 1. The van der Waals surface area contributed by atoms with Gasteiger partial charge in [0.05, 0.1) is 13.0 Å². The van der Waals surface area contributed by atoms with Gasteiger partial charge in [-0.25, -0.2) is 0 Å². The molecule has 0 atom stereocenters. The fourth-order valence-electron chi connectivity index (χ4n) is 1.25. The van der Waals surface area contributed by atoms with E-state index in [1.807, 2.05) is 20.8 Å². The quantitative estimate of drug-likeness (QED) is 0.393. The lowest BCUT2D eigenvalue weighted by molar-refractivity contribution is -0.142. The van der Waals surface area contributed by atoms with E-state index in [1.54, 1.807) is 6.92 Å². The van der Waals surface area contributed by atoms with Crippen molar-refractivity contribution >= 4 is 5.97 Å². The van der Waals surface area contributed by atoms with Gasteiger partial charge in [-0.2, -0.15) is 0 Å². The highest BCUT2D eigenvalue weighted by Gasteiger charge is 2.06. The van der Waals surface area contributed by atoms with Crippen molar-refractivity contribution < 1.29 is 9.53 Å². The number of ether oxygens (including phenoxy) is 1. The van der Waals surface area contributed by atoms with Gasteiger partial charge < -0.3 is 4.74 Å². The molecular formula is C13H20O2. The molecule has 0 aliphatic carbocycles. The topological polar surface area (TPSA) is 26.3 Å². The van der Waals surface area contributed by atoms with Crippen LogP contribution in [-0.4, -0.2) is 12.6 Å². The van der Waals surface area contributed by atoms with E-state index >= 15 is 0 Å². The van der Waals surface area contributed by atoms with Gasteiger partial charge in [0.15, 0.2) is 0 Å². The highest BCUT2D eigenvalue weighted by Crippen LogP contribution is 2.13. The van der Waals surface area contributed by atoms with Crippen LogP contribution in [0.3, 0.4) is 0 Å². The zero-order valence-corrected chi connectivity index (χ0v) is 10.1. The number of hydrogen-bond acceptors (Lipinski definition) is 2. The molecule has 0 fully saturated rings. The van der Waals surface area contributed by atoms with E-state index in [0.717, 1.165) is 16.7 Å². The standard InChI is InChI=1S/C13H20O2/c1-6-15-13(14)9-12(7-10(2)3)8-11(4)5/h2,6-7,9H2,1,3-5H3. The van der Waals surface area contributed by atoms with Crippen molar-refractivity contribution in [3.63, 3.8) is 0 Å². The van der Waals surface area contributed by atoms with Crippen molar-refractivity contribution in [2.75, 3.05) is 6.61 Å². The molecule has 0 saturated heterocycles. The predicted molar refractivity (Wildman–Crippen MR) is 62.6 cm³/mol. The molecule has 15 heavy (non-hydrogen) atoms. The van der Waals surface area contributed by atoms with Gasteiger partial charge in [0.25, 0.3) is 0 Å². The fraction of sp³-hybridized carbons (Fsp3) is 0.538. The molecule has 0 aliphatic rings. The van der Waals surface area contributed by atoms with Gasteiger partial charge >= 0.3 is 5.97 Å². The maximum Gasteiger partial charge on any atom is 0.310 e. The van der Waals surface area contributed by atoms with Crippen molar-refractivity contribution in [1.82, 2.24) is 0 Å². The Balaban J connectivity index is 4.61. The molecule has 0 aromatic rings. The summed E-state index contributed by atoms with van der Waals surface area (Å²) in [6, 6.07) is 0. The normalized spacial score (nSPS) is 9.07. The first-order valence-corrected chi connectivity index (χ1v) is 5.17. The van der Waals surface area contributed by atoms with Gasteiger partial charge in [-0.1, -0.05) is 12.2 Å². The summed E-state index contributed by atoms with van der Waals surface area (Å²) in [7, 11) is 0. The summed E-state index contributed by atoms with van der Waals surface area (Å²) >= 11 is 0. The summed E-state index contributed by atoms with van der Waals surface area (Å²) in [5.41, 5.74) is 6.21. The molecule has 0 saturated carbocycles. The lowest BCUT2D eigenvalue weighted by atomic mass is 10.0. The number of esters is 1. The average molecular weight is 208 g/mol. The Morgan fingerprint density at radius 2 is 1.87 bits per heavy atom. The highest BCUT2D eigenvalue weighted by molar-refractivity contribution is 5.72. The predicted octanol–water partition coefficient (Wildman–Crippen LogP) is 3.40. The molecule has 0 aliphatic heterocycles. The van der Waals surface area contributed by atoms with Crippen LogP contribution in [0.4, 0.5) is 0 Å². The monoisotopic (exact) mass is 208 g/mol. The van der Waals surface area contributed by atoms with Crippen LogP contribution in [0.25, 0.3) is 0 Å². The smallest absolute Gasteiger partial charge is 0.310 e. The number of allylic oxidation sites excluding steroid dienone is 1. The second-order valence-corrected chi connectivity index (χ2v) is 3.84. The average Bonchev–Trinajstić information content (AvgIpc) is 2.00. The van der Waals surface area contributed by atoms with Crippen LogP contribution in [0.1, 0.15) is 40.5 Å². The van der Waals surface area contributed by atoms with Crippen LogP contribution in [0.5, 0.6) is 0 Å². The molecular weight excluding hydrogens is 188 g/mol. The highest BCUT2D eigenvalue weighted by atomic mass is 16.5. The zero-order chi connectivity index (χ0) is 11.8. The Labute approximate surface area is 92.3 Å². The van der Waals surface area contributed by atoms with E-state index in [2.05, 4.69) is 12.3 Å². The van der Waals surface area contributed by atoms with Gasteiger partial charge in [-0.15, -0.1) is 5.73 Å². The second kappa shape index (κ2) is 7.08. The summed E-state index contributed by atoms with van der Waals surface area (Å²) in [5.74, 6) is -0.192. The molecule has 0 radical (unpaired) electrons. The minimum atomic E-state index is -0.192.